The van der Waals surface area contributed by atoms with Crippen LogP contribution in [0.2, 0.25) is 0 Å². The molecule has 1 unspecified atom stereocenters. The van der Waals surface area contributed by atoms with Gasteiger partial charge in [0.1, 0.15) is 0 Å². The molecule has 0 bridgehead atoms. The van der Waals surface area contributed by atoms with E-state index in [1.165, 1.54) is 0 Å². The minimum absolute atomic E-state index is 0.506. The molecule has 0 fully saturated rings. The molecule has 0 rings (SSSR count). The molecule has 0 aromatic carbocycles. The first-order valence-corrected chi connectivity index (χ1v) is 6.01. The van der Waals surface area contributed by atoms with Gasteiger partial charge in [-0.1, -0.05) is 13.8 Å². The van der Waals surface area contributed by atoms with Crippen LogP contribution < -0.4 is 5.32 Å². The van der Waals surface area contributed by atoms with Gasteiger partial charge in [-0.3, -0.25) is 0 Å². The summed E-state index contributed by atoms with van der Waals surface area (Å²) >= 11 is 0. The van der Waals surface area contributed by atoms with E-state index < -0.39 is 0 Å². The van der Waals surface area contributed by atoms with Crippen molar-refractivity contribution in [2.45, 2.75) is 26.3 Å². The van der Waals surface area contributed by atoms with E-state index in [1.54, 1.807) is 14.2 Å². The number of rotatable bonds is 11. The zero-order chi connectivity index (χ0) is 12.2. The highest BCUT2D eigenvalue weighted by Crippen LogP contribution is 2.05. The summed E-state index contributed by atoms with van der Waals surface area (Å²) in [5, 5.41) is 3.49. The lowest BCUT2D eigenvalue weighted by Gasteiger charge is -2.22. The summed E-state index contributed by atoms with van der Waals surface area (Å²) in [6.45, 7) is 8.20. The van der Waals surface area contributed by atoms with Gasteiger partial charge in [0, 0.05) is 33.4 Å². The normalized spacial score (nSPS) is 13.3. The van der Waals surface area contributed by atoms with E-state index in [-0.39, 0.29) is 0 Å². The monoisotopic (exact) mass is 233 g/mol. The Morgan fingerprint density at radius 2 is 1.62 bits per heavy atom. The van der Waals surface area contributed by atoms with Gasteiger partial charge in [-0.25, -0.2) is 0 Å². The van der Waals surface area contributed by atoms with Crippen LogP contribution in [-0.4, -0.2) is 53.2 Å². The molecule has 0 aliphatic heterocycles. The summed E-state index contributed by atoms with van der Waals surface area (Å²) in [7, 11) is 3.42. The van der Waals surface area contributed by atoms with Gasteiger partial charge in [0.05, 0.1) is 19.8 Å². The molecule has 0 aliphatic rings. The molecular formula is C12H27NO3. The van der Waals surface area contributed by atoms with Gasteiger partial charge in [0.25, 0.3) is 0 Å². The Hall–Kier alpha value is -0.160. The highest BCUT2D eigenvalue weighted by Gasteiger charge is 2.11. The van der Waals surface area contributed by atoms with Gasteiger partial charge >= 0.3 is 0 Å². The molecule has 16 heavy (non-hydrogen) atoms. The summed E-state index contributed by atoms with van der Waals surface area (Å²) in [5.41, 5.74) is 0. The van der Waals surface area contributed by atoms with E-state index >= 15 is 0 Å². The van der Waals surface area contributed by atoms with Crippen molar-refractivity contribution in [2.75, 3.05) is 47.2 Å². The standard InChI is InChI=1S/C12H27NO3/c1-11(2)12(5-7-14-3)13-6-8-16-10-9-15-4/h11-13H,5-10H2,1-4H3. The van der Waals surface area contributed by atoms with E-state index in [9.17, 15) is 0 Å². The van der Waals surface area contributed by atoms with Crippen molar-refractivity contribution < 1.29 is 14.2 Å². The third kappa shape index (κ3) is 9.09. The molecule has 4 nitrogen and oxygen atoms in total. The molecule has 98 valence electrons. The van der Waals surface area contributed by atoms with Crippen LogP contribution in [0.5, 0.6) is 0 Å². The highest BCUT2D eigenvalue weighted by atomic mass is 16.5. The Morgan fingerprint density at radius 3 is 2.19 bits per heavy atom. The van der Waals surface area contributed by atoms with Gasteiger partial charge in [-0.15, -0.1) is 0 Å². The lowest BCUT2D eigenvalue weighted by atomic mass is 10.0. The van der Waals surface area contributed by atoms with Gasteiger partial charge in [-0.05, 0) is 12.3 Å². The van der Waals surface area contributed by atoms with Gasteiger partial charge in [0.2, 0.25) is 0 Å². The second kappa shape index (κ2) is 11.3. The Labute approximate surface area is 99.6 Å². The summed E-state index contributed by atoms with van der Waals surface area (Å²) in [6, 6.07) is 0.506. The van der Waals surface area contributed by atoms with Gasteiger partial charge in [0.15, 0.2) is 0 Å². The smallest absolute Gasteiger partial charge is 0.0700 e. The predicted octanol–water partition coefficient (Wildman–Crippen LogP) is 1.30. The molecule has 0 radical (unpaired) electrons. The third-order valence-corrected chi connectivity index (χ3v) is 2.52. The average molecular weight is 233 g/mol. The second-order valence-corrected chi connectivity index (χ2v) is 4.19. The van der Waals surface area contributed by atoms with E-state index in [0.717, 1.165) is 26.2 Å². The van der Waals surface area contributed by atoms with E-state index in [4.69, 9.17) is 14.2 Å². The zero-order valence-corrected chi connectivity index (χ0v) is 11.1. The Kier molecular flexibility index (Phi) is 11.2. The minimum Gasteiger partial charge on any atom is -0.385 e. The Morgan fingerprint density at radius 1 is 0.938 bits per heavy atom. The van der Waals surface area contributed by atoms with Gasteiger partial charge in [-0.2, -0.15) is 0 Å². The zero-order valence-electron chi connectivity index (χ0n) is 11.1. The Balaban J connectivity index is 3.44. The number of hydrogen-bond acceptors (Lipinski definition) is 4. The molecule has 0 amide bonds. The second-order valence-electron chi connectivity index (χ2n) is 4.19. The number of nitrogens with one attached hydrogen (secondary N) is 1. The lowest BCUT2D eigenvalue weighted by Crippen LogP contribution is -2.37. The van der Waals surface area contributed by atoms with Crippen molar-refractivity contribution in [3.63, 3.8) is 0 Å². The average Bonchev–Trinajstić information content (AvgIpc) is 2.26. The predicted molar refractivity (Wildman–Crippen MR) is 65.8 cm³/mol. The minimum atomic E-state index is 0.506. The molecule has 0 heterocycles. The summed E-state index contributed by atoms with van der Waals surface area (Å²) in [6.07, 6.45) is 1.05. The van der Waals surface area contributed by atoms with Crippen LogP contribution in [0.1, 0.15) is 20.3 Å². The molecule has 4 heteroatoms. The van der Waals surface area contributed by atoms with Crippen LogP contribution in [0.25, 0.3) is 0 Å². The fourth-order valence-electron chi connectivity index (χ4n) is 1.48. The SMILES string of the molecule is COCCOCCNC(CCOC)C(C)C. The summed E-state index contributed by atoms with van der Waals surface area (Å²) < 4.78 is 15.4. The maximum absolute atomic E-state index is 5.39. The van der Waals surface area contributed by atoms with Crippen LogP contribution >= 0.6 is 0 Å². The molecule has 0 aromatic heterocycles. The fourth-order valence-corrected chi connectivity index (χ4v) is 1.48. The first-order valence-electron chi connectivity index (χ1n) is 6.01. The molecule has 0 aliphatic carbocycles. The molecule has 1 atom stereocenters. The fraction of sp³-hybridized carbons (Fsp3) is 1.00. The molecule has 0 saturated carbocycles. The van der Waals surface area contributed by atoms with Crippen LogP contribution in [0.3, 0.4) is 0 Å². The van der Waals surface area contributed by atoms with Crippen molar-refractivity contribution in [1.82, 2.24) is 5.32 Å². The topological polar surface area (TPSA) is 39.7 Å². The quantitative estimate of drug-likeness (QED) is 0.546. The first-order chi connectivity index (χ1) is 7.72. The number of hydrogen-bond donors (Lipinski definition) is 1. The van der Waals surface area contributed by atoms with Crippen molar-refractivity contribution in [3.05, 3.63) is 0 Å². The summed E-state index contributed by atoms with van der Waals surface area (Å²) in [5.74, 6) is 0.620. The molecule has 0 saturated heterocycles. The van der Waals surface area contributed by atoms with Crippen molar-refractivity contribution in [1.29, 1.82) is 0 Å². The first kappa shape index (κ1) is 15.8. The Bertz CT molecular complexity index is 142. The molecular weight excluding hydrogens is 206 g/mol. The number of ether oxygens (including phenoxy) is 3. The van der Waals surface area contributed by atoms with Crippen LogP contribution in [-0.2, 0) is 14.2 Å². The lowest BCUT2D eigenvalue weighted by molar-refractivity contribution is 0.0696. The van der Waals surface area contributed by atoms with Crippen molar-refractivity contribution >= 4 is 0 Å². The highest BCUT2D eigenvalue weighted by molar-refractivity contribution is 4.69. The maximum Gasteiger partial charge on any atom is 0.0700 e. The molecule has 0 spiro atoms. The van der Waals surface area contributed by atoms with Crippen LogP contribution in [0.15, 0.2) is 0 Å². The third-order valence-electron chi connectivity index (χ3n) is 2.52. The molecule has 1 N–H and O–H groups in total. The van der Waals surface area contributed by atoms with Crippen molar-refractivity contribution in [2.24, 2.45) is 5.92 Å². The van der Waals surface area contributed by atoms with Crippen LogP contribution in [0, 0.1) is 5.92 Å². The maximum atomic E-state index is 5.39. The van der Waals surface area contributed by atoms with Crippen molar-refractivity contribution in [3.8, 4) is 0 Å². The van der Waals surface area contributed by atoms with Crippen LogP contribution in [0.4, 0.5) is 0 Å². The summed E-state index contributed by atoms with van der Waals surface area (Å²) in [4.78, 5) is 0. The largest absolute Gasteiger partial charge is 0.385 e. The van der Waals surface area contributed by atoms with E-state index in [2.05, 4.69) is 19.2 Å². The molecule has 0 aromatic rings. The van der Waals surface area contributed by atoms with E-state index in [1.807, 2.05) is 0 Å². The van der Waals surface area contributed by atoms with Gasteiger partial charge < -0.3 is 19.5 Å². The van der Waals surface area contributed by atoms with E-state index in [0.29, 0.717) is 25.2 Å². The number of methoxy groups -OCH3 is 2.